The Morgan fingerprint density at radius 1 is 0.978 bits per heavy atom. The molecule has 5 aromatic rings. The van der Waals surface area contributed by atoms with Crippen molar-refractivity contribution in [3.8, 4) is 11.5 Å². The van der Waals surface area contributed by atoms with Crippen LogP contribution in [0.1, 0.15) is 49.1 Å². The Kier molecular flexibility index (Phi) is 9.42. The molecule has 4 aromatic carbocycles. The fraction of sp³-hybridized carbons (Fsp3) is 0.216. The number of carbonyl (C=O) groups is 1. The Hall–Kier alpha value is -4.22. The Bertz CT molecular complexity index is 2160. The molecule has 7 nitrogen and oxygen atoms in total. The summed E-state index contributed by atoms with van der Waals surface area (Å²) < 4.78 is 20.8. The minimum Gasteiger partial charge on any atom is -0.490 e. The minimum atomic E-state index is -0.651. The number of nitrogens with zero attached hydrogens (tertiary/aromatic N) is 2. The van der Waals surface area contributed by atoms with E-state index in [0.29, 0.717) is 45.3 Å². The molecule has 0 radical (unpaired) electrons. The largest absolute Gasteiger partial charge is 0.490 e. The van der Waals surface area contributed by atoms with Gasteiger partial charge in [-0.2, -0.15) is 0 Å². The highest BCUT2D eigenvalue weighted by Crippen LogP contribution is 2.36. The van der Waals surface area contributed by atoms with Crippen molar-refractivity contribution in [2.75, 3.05) is 13.2 Å². The highest BCUT2D eigenvalue weighted by atomic mass is 127. The third-order valence-corrected chi connectivity index (χ3v) is 9.58. The first-order chi connectivity index (χ1) is 22.3. The Morgan fingerprint density at radius 2 is 1.74 bits per heavy atom. The van der Waals surface area contributed by atoms with E-state index in [1.807, 2.05) is 74.5 Å². The van der Waals surface area contributed by atoms with Gasteiger partial charge in [0.1, 0.15) is 6.61 Å². The molecule has 1 aromatic heterocycles. The Balaban J connectivity index is 1.40. The number of esters is 1. The van der Waals surface area contributed by atoms with Gasteiger partial charge in [-0.05, 0) is 96.0 Å². The van der Waals surface area contributed by atoms with Gasteiger partial charge in [0.15, 0.2) is 16.3 Å². The van der Waals surface area contributed by atoms with Gasteiger partial charge >= 0.3 is 5.97 Å². The molecule has 0 spiro atoms. The van der Waals surface area contributed by atoms with E-state index in [-0.39, 0.29) is 12.2 Å². The highest BCUT2D eigenvalue weighted by molar-refractivity contribution is 14.1. The molecule has 9 heteroatoms. The van der Waals surface area contributed by atoms with Gasteiger partial charge in [-0.25, -0.2) is 9.79 Å². The second kappa shape index (κ2) is 13.6. The number of ether oxygens (including phenoxy) is 3. The summed E-state index contributed by atoms with van der Waals surface area (Å²) in [6, 6.07) is 25.5. The molecule has 1 aliphatic rings. The first kappa shape index (κ1) is 31.7. The van der Waals surface area contributed by atoms with Crippen molar-refractivity contribution in [2.45, 2.75) is 40.3 Å². The number of carbonyl (C=O) groups excluding carboxylic acids is 1. The molecule has 0 fully saturated rings. The average molecular weight is 745 g/mol. The lowest BCUT2D eigenvalue weighted by Crippen LogP contribution is -2.39. The van der Waals surface area contributed by atoms with Gasteiger partial charge in [0.25, 0.3) is 5.56 Å². The summed E-state index contributed by atoms with van der Waals surface area (Å²) in [5.74, 6) is 0.785. The number of hydrogen-bond acceptors (Lipinski definition) is 7. The lowest BCUT2D eigenvalue weighted by Gasteiger charge is -2.24. The average Bonchev–Trinajstić information content (AvgIpc) is 3.34. The van der Waals surface area contributed by atoms with Crippen LogP contribution in [-0.2, 0) is 16.1 Å². The van der Waals surface area contributed by atoms with Crippen LogP contribution in [0.3, 0.4) is 0 Å². The fourth-order valence-corrected chi connectivity index (χ4v) is 7.48. The molecule has 0 saturated carbocycles. The summed E-state index contributed by atoms with van der Waals surface area (Å²) >= 11 is 3.55. The number of hydrogen-bond donors (Lipinski definition) is 0. The van der Waals surface area contributed by atoms with Gasteiger partial charge < -0.3 is 14.2 Å². The molecule has 46 heavy (non-hydrogen) atoms. The van der Waals surface area contributed by atoms with Gasteiger partial charge in [0.2, 0.25) is 0 Å². The summed E-state index contributed by atoms with van der Waals surface area (Å²) in [6.07, 6.45) is 1.85. The molecule has 2 heterocycles. The number of aryl methyl sites for hydroxylation is 1. The maximum Gasteiger partial charge on any atom is 0.338 e. The SMILES string of the molecule is CCOC(=O)C1=C(C)N=c2s/c(=C\c3cc(I)c(OCc4cccc5ccccc45)c(OCC)c3)c(=O)n2[C@@H]1c1ccc(C)cc1. The summed E-state index contributed by atoms with van der Waals surface area (Å²) in [7, 11) is 0. The van der Waals surface area contributed by atoms with Crippen LogP contribution in [0, 0.1) is 10.5 Å². The third kappa shape index (κ3) is 6.26. The van der Waals surface area contributed by atoms with E-state index in [2.05, 4.69) is 46.9 Å². The van der Waals surface area contributed by atoms with Crippen molar-refractivity contribution in [2.24, 2.45) is 4.99 Å². The molecule has 1 aliphatic heterocycles. The first-order valence-corrected chi connectivity index (χ1v) is 17.0. The number of aromatic nitrogens is 1. The lowest BCUT2D eigenvalue weighted by atomic mass is 9.95. The third-order valence-electron chi connectivity index (χ3n) is 7.79. The number of fused-ring (bicyclic) bond motifs is 2. The van der Waals surface area contributed by atoms with Crippen LogP contribution in [0.2, 0.25) is 0 Å². The van der Waals surface area contributed by atoms with Crippen LogP contribution < -0.4 is 24.4 Å². The number of allylic oxidation sites excluding steroid dienone is 1. The first-order valence-electron chi connectivity index (χ1n) is 15.1. The molecule has 0 saturated heterocycles. The smallest absolute Gasteiger partial charge is 0.338 e. The standard InChI is InChI=1S/C37H33IN2O5S/c1-5-43-30-19-24(18-29(38)34(30)45-21-27-12-9-11-25-10-7-8-13-28(25)27)20-31-35(41)40-33(26-16-14-22(3)15-17-26)32(36(42)44-6-2)23(4)39-37(40)46-31/h7-20,33H,5-6,21H2,1-4H3/b31-20-/t33-/m1/s1. The molecule has 1 atom stereocenters. The topological polar surface area (TPSA) is 79.1 Å². The van der Waals surface area contributed by atoms with Crippen molar-refractivity contribution in [1.29, 1.82) is 0 Å². The molecule has 0 aliphatic carbocycles. The van der Waals surface area contributed by atoms with E-state index in [1.54, 1.807) is 18.4 Å². The molecule has 0 N–H and O–H groups in total. The zero-order chi connectivity index (χ0) is 32.4. The molecule has 6 rings (SSSR count). The number of benzene rings is 4. The highest BCUT2D eigenvalue weighted by Gasteiger charge is 2.33. The Morgan fingerprint density at radius 3 is 2.50 bits per heavy atom. The quantitative estimate of drug-likeness (QED) is 0.122. The second-order valence-corrected chi connectivity index (χ2v) is 13.1. The second-order valence-electron chi connectivity index (χ2n) is 10.9. The molecule has 0 amide bonds. The van der Waals surface area contributed by atoms with Crippen LogP contribution in [0.25, 0.3) is 16.8 Å². The number of halogens is 1. The lowest BCUT2D eigenvalue weighted by molar-refractivity contribution is -0.139. The molecular formula is C37H33IN2O5S. The number of thiazole rings is 1. The van der Waals surface area contributed by atoms with Crippen LogP contribution in [0.4, 0.5) is 0 Å². The minimum absolute atomic E-state index is 0.225. The molecule has 0 bridgehead atoms. The van der Waals surface area contributed by atoms with Gasteiger partial charge in [-0.3, -0.25) is 9.36 Å². The van der Waals surface area contributed by atoms with Crippen molar-refractivity contribution >= 4 is 56.7 Å². The zero-order valence-corrected chi connectivity index (χ0v) is 29.0. The maximum absolute atomic E-state index is 14.1. The molecular weight excluding hydrogens is 711 g/mol. The van der Waals surface area contributed by atoms with E-state index in [4.69, 9.17) is 19.2 Å². The predicted octanol–water partition coefficient (Wildman–Crippen LogP) is 6.84. The van der Waals surface area contributed by atoms with E-state index in [1.165, 1.54) is 11.3 Å². The normalized spacial score (nSPS) is 14.6. The maximum atomic E-state index is 14.1. The summed E-state index contributed by atoms with van der Waals surface area (Å²) in [5, 5.41) is 2.31. The monoisotopic (exact) mass is 744 g/mol. The van der Waals surface area contributed by atoms with Crippen LogP contribution in [0.5, 0.6) is 11.5 Å². The molecule has 234 valence electrons. The van der Waals surface area contributed by atoms with Crippen molar-refractivity contribution in [1.82, 2.24) is 4.57 Å². The van der Waals surface area contributed by atoms with Crippen LogP contribution in [-0.4, -0.2) is 23.8 Å². The summed E-state index contributed by atoms with van der Waals surface area (Å²) in [4.78, 5) is 32.5. The summed E-state index contributed by atoms with van der Waals surface area (Å²) in [5.41, 5.74) is 4.46. The van der Waals surface area contributed by atoms with Gasteiger partial charge in [-0.15, -0.1) is 0 Å². The van der Waals surface area contributed by atoms with Crippen molar-refractivity contribution in [3.63, 3.8) is 0 Å². The van der Waals surface area contributed by atoms with Crippen LogP contribution >= 0.6 is 33.9 Å². The summed E-state index contributed by atoms with van der Waals surface area (Å²) in [6.45, 7) is 8.56. The zero-order valence-electron chi connectivity index (χ0n) is 26.0. The fourth-order valence-electron chi connectivity index (χ4n) is 5.65. The van der Waals surface area contributed by atoms with Crippen LogP contribution in [0.15, 0.2) is 99.9 Å². The van der Waals surface area contributed by atoms with E-state index >= 15 is 0 Å². The van der Waals surface area contributed by atoms with Gasteiger partial charge in [-0.1, -0.05) is 83.6 Å². The molecule has 0 unspecified atom stereocenters. The van der Waals surface area contributed by atoms with E-state index < -0.39 is 12.0 Å². The van der Waals surface area contributed by atoms with E-state index in [0.717, 1.165) is 36.6 Å². The Labute approximate surface area is 284 Å². The van der Waals surface area contributed by atoms with Crippen molar-refractivity contribution < 1.29 is 19.0 Å². The number of rotatable bonds is 9. The predicted molar refractivity (Wildman–Crippen MR) is 190 cm³/mol. The van der Waals surface area contributed by atoms with Gasteiger partial charge in [0, 0.05) is 0 Å². The van der Waals surface area contributed by atoms with Gasteiger partial charge in [0.05, 0.1) is 38.6 Å². The van der Waals surface area contributed by atoms with E-state index in [9.17, 15) is 9.59 Å². The van der Waals surface area contributed by atoms with Crippen molar-refractivity contribution in [3.05, 3.63) is 136 Å².